The number of aliphatic carboxylic acids is 1. The third-order valence-electron chi connectivity index (χ3n) is 6.41. The van der Waals surface area contributed by atoms with E-state index in [0.29, 0.717) is 13.0 Å². The summed E-state index contributed by atoms with van der Waals surface area (Å²) in [5.74, 6) is -1.23. The highest BCUT2D eigenvalue weighted by atomic mass is 16.6. The second-order valence-corrected chi connectivity index (χ2v) is 13.0. The monoisotopic (exact) mass is 584 g/mol. The van der Waals surface area contributed by atoms with Gasteiger partial charge in [-0.3, -0.25) is 14.4 Å². The molecule has 41 heavy (non-hydrogen) atoms. The van der Waals surface area contributed by atoms with Gasteiger partial charge in [-0.15, -0.1) is 0 Å². The van der Waals surface area contributed by atoms with Crippen LogP contribution in [-0.4, -0.2) is 64.8 Å². The van der Waals surface area contributed by atoms with Gasteiger partial charge < -0.3 is 24.8 Å². The Balaban J connectivity index is 3.65. The fraction of sp³-hybridized carbons (Fsp3) is 0.875. The van der Waals surface area contributed by atoms with Crippen molar-refractivity contribution in [3.8, 4) is 0 Å². The van der Waals surface area contributed by atoms with Crippen LogP contribution in [0.4, 0.5) is 4.79 Å². The van der Waals surface area contributed by atoms with E-state index in [0.717, 1.165) is 25.7 Å². The van der Waals surface area contributed by atoms with E-state index in [4.69, 9.17) is 14.6 Å². The molecule has 0 aromatic rings. The summed E-state index contributed by atoms with van der Waals surface area (Å²) in [6.07, 6.45) is 16.4. The van der Waals surface area contributed by atoms with Crippen LogP contribution in [0.1, 0.15) is 151 Å². The Morgan fingerprint density at radius 3 is 1.44 bits per heavy atom. The highest BCUT2D eigenvalue weighted by Gasteiger charge is 2.23. The minimum atomic E-state index is -1.00. The molecular formula is C32H60N2O7. The van der Waals surface area contributed by atoms with Gasteiger partial charge in [0.15, 0.2) is 0 Å². The summed E-state index contributed by atoms with van der Waals surface area (Å²) in [6.45, 7) is 11.7. The number of hydrogen-bond acceptors (Lipinski definition) is 6. The van der Waals surface area contributed by atoms with Crippen molar-refractivity contribution in [2.45, 2.75) is 162 Å². The van der Waals surface area contributed by atoms with Gasteiger partial charge in [0.25, 0.3) is 0 Å². The maximum Gasteiger partial charge on any atom is 0.410 e. The summed E-state index contributed by atoms with van der Waals surface area (Å²) < 4.78 is 10.7. The minimum absolute atomic E-state index is 0.0102. The van der Waals surface area contributed by atoms with Crippen molar-refractivity contribution in [1.82, 2.24) is 10.2 Å². The first-order chi connectivity index (χ1) is 19.2. The lowest BCUT2D eigenvalue weighted by atomic mass is 10.0. The summed E-state index contributed by atoms with van der Waals surface area (Å²) in [7, 11) is 0. The maximum atomic E-state index is 12.3. The molecule has 0 aromatic heterocycles. The van der Waals surface area contributed by atoms with E-state index in [1.807, 2.05) is 20.8 Å². The smallest absolute Gasteiger partial charge is 0.410 e. The first-order valence-electron chi connectivity index (χ1n) is 15.9. The molecule has 0 aromatic carbocycles. The summed E-state index contributed by atoms with van der Waals surface area (Å²) in [5.41, 5.74) is -1.07. The molecule has 0 saturated heterocycles. The van der Waals surface area contributed by atoms with Crippen molar-refractivity contribution in [2.24, 2.45) is 0 Å². The SMILES string of the molecule is CC(C)(C)OC(=O)CCCCCCCCCCCCCCCCNC(=O)CCN(CCC(=O)O)C(=O)OC(C)(C)C. The minimum Gasteiger partial charge on any atom is -0.481 e. The molecule has 0 saturated carbocycles. The Morgan fingerprint density at radius 2 is 1.00 bits per heavy atom. The molecule has 2 amide bonds. The number of nitrogens with one attached hydrogen (secondary N) is 1. The molecule has 0 radical (unpaired) electrons. The molecule has 0 spiro atoms. The van der Waals surface area contributed by atoms with E-state index in [1.54, 1.807) is 20.8 Å². The zero-order chi connectivity index (χ0) is 31.2. The Kier molecular flexibility index (Phi) is 21.0. The van der Waals surface area contributed by atoms with Crippen LogP contribution >= 0.6 is 0 Å². The van der Waals surface area contributed by atoms with Crippen LogP contribution in [0, 0.1) is 0 Å². The number of amides is 2. The number of ether oxygens (including phenoxy) is 2. The van der Waals surface area contributed by atoms with Gasteiger partial charge in [-0.2, -0.15) is 0 Å². The number of carboxylic acid groups (broad SMARTS) is 1. The number of carboxylic acids is 1. The fourth-order valence-electron chi connectivity index (χ4n) is 4.31. The number of hydrogen-bond donors (Lipinski definition) is 2. The average Bonchev–Trinajstić information content (AvgIpc) is 2.83. The number of unbranched alkanes of at least 4 members (excludes halogenated alkanes) is 13. The Bertz CT molecular complexity index is 741. The van der Waals surface area contributed by atoms with Crippen LogP contribution in [-0.2, 0) is 23.9 Å². The molecule has 0 aliphatic rings. The summed E-state index contributed by atoms with van der Waals surface area (Å²) in [5, 5.41) is 11.8. The normalized spacial score (nSPS) is 11.7. The van der Waals surface area contributed by atoms with E-state index in [9.17, 15) is 19.2 Å². The van der Waals surface area contributed by atoms with Crippen molar-refractivity contribution in [3.05, 3.63) is 0 Å². The van der Waals surface area contributed by atoms with Gasteiger partial charge in [-0.25, -0.2) is 4.79 Å². The van der Waals surface area contributed by atoms with E-state index in [2.05, 4.69) is 5.32 Å². The average molecular weight is 585 g/mol. The second-order valence-electron chi connectivity index (χ2n) is 13.0. The summed E-state index contributed by atoms with van der Waals surface area (Å²) in [6, 6.07) is 0. The van der Waals surface area contributed by atoms with Crippen molar-refractivity contribution in [2.75, 3.05) is 19.6 Å². The van der Waals surface area contributed by atoms with Gasteiger partial charge in [0.05, 0.1) is 6.42 Å². The highest BCUT2D eigenvalue weighted by molar-refractivity contribution is 5.77. The van der Waals surface area contributed by atoms with Gasteiger partial charge in [-0.05, 0) is 54.4 Å². The molecule has 0 aliphatic carbocycles. The van der Waals surface area contributed by atoms with Gasteiger partial charge in [0, 0.05) is 32.5 Å². The van der Waals surface area contributed by atoms with Crippen molar-refractivity contribution < 1.29 is 33.8 Å². The topological polar surface area (TPSA) is 122 Å². The fourth-order valence-corrected chi connectivity index (χ4v) is 4.31. The Hall–Kier alpha value is -2.32. The standard InChI is InChI=1S/C32H60N2O7/c1-31(2,3)40-29(38)21-19-17-15-13-11-9-7-8-10-12-14-16-18-20-24-33-27(35)22-25-34(26-23-28(36)37)30(39)41-32(4,5)6/h7-26H2,1-6H3,(H,33,35)(H,36,37). The lowest BCUT2D eigenvalue weighted by molar-refractivity contribution is -0.155. The molecule has 240 valence electrons. The molecule has 0 fully saturated rings. The molecule has 9 heteroatoms. The highest BCUT2D eigenvalue weighted by Crippen LogP contribution is 2.15. The third kappa shape index (κ3) is 27.6. The van der Waals surface area contributed by atoms with Crippen molar-refractivity contribution >= 4 is 23.9 Å². The Morgan fingerprint density at radius 1 is 0.585 bits per heavy atom. The van der Waals surface area contributed by atoms with Gasteiger partial charge in [0.1, 0.15) is 11.2 Å². The second kappa shape index (κ2) is 22.3. The maximum absolute atomic E-state index is 12.3. The predicted octanol–water partition coefficient (Wildman–Crippen LogP) is 7.40. The lowest BCUT2D eigenvalue weighted by Gasteiger charge is -2.27. The number of esters is 1. The van der Waals surface area contributed by atoms with Gasteiger partial charge >= 0.3 is 18.0 Å². The van der Waals surface area contributed by atoms with Crippen LogP contribution in [0.25, 0.3) is 0 Å². The molecule has 0 aliphatic heterocycles. The first kappa shape index (κ1) is 38.7. The van der Waals surface area contributed by atoms with Gasteiger partial charge in [0.2, 0.25) is 5.91 Å². The number of rotatable bonds is 23. The molecule has 9 nitrogen and oxygen atoms in total. The zero-order valence-corrected chi connectivity index (χ0v) is 27.0. The first-order valence-corrected chi connectivity index (χ1v) is 15.9. The summed E-state index contributed by atoms with van der Waals surface area (Å²) in [4.78, 5) is 48.4. The Labute approximate surface area is 249 Å². The number of nitrogens with zero attached hydrogens (tertiary/aromatic N) is 1. The molecule has 0 unspecified atom stereocenters. The largest absolute Gasteiger partial charge is 0.481 e. The molecule has 2 N–H and O–H groups in total. The van der Waals surface area contributed by atoms with Crippen LogP contribution in [0.2, 0.25) is 0 Å². The molecule has 0 atom stereocenters. The van der Waals surface area contributed by atoms with E-state index in [-0.39, 0.29) is 43.4 Å². The molecule has 0 heterocycles. The third-order valence-corrected chi connectivity index (χ3v) is 6.41. The van der Waals surface area contributed by atoms with Crippen LogP contribution in [0.15, 0.2) is 0 Å². The van der Waals surface area contributed by atoms with E-state index in [1.165, 1.54) is 69.1 Å². The van der Waals surface area contributed by atoms with Crippen molar-refractivity contribution in [1.29, 1.82) is 0 Å². The molecule has 0 bridgehead atoms. The molecule has 0 rings (SSSR count). The van der Waals surface area contributed by atoms with Crippen molar-refractivity contribution in [3.63, 3.8) is 0 Å². The quantitative estimate of drug-likeness (QED) is 0.0948. The van der Waals surface area contributed by atoms with E-state index >= 15 is 0 Å². The number of carbonyl (C=O) groups excluding carboxylic acids is 3. The summed E-state index contributed by atoms with van der Waals surface area (Å²) >= 11 is 0. The van der Waals surface area contributed by atoms with Crippen LogP contribution in [0.5, 0.6) is 0 Å². The van der Waals surface area contributed by atoms with Gasteiger partial charge in [-0.1, -0.05) is 77.0 Å². The lowest BCUT2D eigenvalue weighted by Crippen LogP contribution is -2.40. The number of carbonyl (C=O) groups is 4. The van der Waals surface area contributed by atoms with Crippen LogP contribution < -0.4 is 5.32 Å². The zero-order valence-electron chi connectivity index (χ0n) is 27.0. The molecular weight excluding hydrogens is 524 g/mol. The predicted molar refractivity (Wildman–Crippen MR) is 163 cm³/mol. The van der Waals surface area contributed by atoms with Crippen LogP contribution in [0.3, 0.4) is 0 Å². The van der Waals surface area contributed by atoms with E-state index < -0.39 is 17.7 Å².